The number of ether oxygens (including phenoxy) is 2. The van der Waals surface area contributed by atoms with Gasteiger partial charge in [0.05, 0.1) is 18.7 Å². The molecule has 0 amide bonds. The summed E-state index contributed by atoms with van der Waals surface area (Å²) in [5.74, 6) is -0.817. The van der Waals surface area contributed by atoms with Gasteiger partial charge in [0, 0.05) is 21.4 Å². The normalized spacial score (nSPS) is 10.5. The summed E-state index contributed by atoms with van der Waals surface area (Å²) in [5.41, 5.74) is -0.201. The van der Waals surface area contributed by atoms with E-state index in [0.29, 0.717) is 23.7 Å². The molecular weight excluding hydrogens is 564 g/mol. The summed E-state index contributed by atoms with van der Waals surface area (Å²) in [5, 5.41) is 12.7. The molecule has 0 aliphatic rings. The molecule has 4 aromatic rings. The van der Waals surface area contributed by atoms with Crippen molar-refractivity contribution in [3.8, 4) is 0 Å². The molecule has 8 nitrogen and oxygen atoms in total. The molecule has 0 unspecified atom stereocenters. The maximum absolute atomic E-state index is 11.4. The second kappa shape index (κ2) is 9.25. The second-order valence-corrected chi connectivity index (χ2v) is 9.50. The van der Waals surface area contributed by atoms with Gasteiger partial charge in [0.1, 0.15) is 19.2 Å². The van der Waals surface area contributed by atoms with Crippen LogP contribution in [0.5, 0.6) is 0 Å². The number of carbonyl (C=O) groups excluding carboxylic acids is 2. The smallest absolute Gasteiger partial charge is 0.348 e. The van der Waals surface area contributed by atoms with Crippen molar-refractivity contribution in [1.29, 1.82) is 0 Å². The zero-order valence-corrected chi connectivity index (χ0v) is 20.2. The van der Waals surface area contributed by atoms with E-state index in [1.54, 1.807) is 18.3 Å². The summed E-state index contributed by atoms with van der Waals surface area (Å²) in [6, 6.07) is 3.35. The van der Waals surface area contributed by atoms with Gasteiger partial charge in [0.25, 0.3) is 5.56 Å². The number of H-pyrrole nitrogens is 1. The van der Waals surface area contributed by atoms with Crippen molar-refractivity contribution in [3.63, 3.8) is 0 Å². The van der Waals surface area contributed by atoms with Crippen molar-refractivity contribution < 1.29 is 23.8 Å². The van der Waals surface area contributed by atoms with Crippen LogP contribution in [0.1, 0.15) is 19.3 Å². The molecule has 4 rings (SSSR count). The number of rotatable bonds is 2. The van der Waals surface area contributed by atoms with Crippen LogP contribution in [-0.4, -0.2) is 31.1 Å². The summed E-state index contributed by atoms with van der Waals surface area (Å²) in [4.78, 5) is 37.4. The summed E-state index contributed by atoms with van der Waals surface area (Å²) >= 11 is 8.92. The van der Waals surface area contributed by atoms with E-state index in [1.165, 1.54) is 38.0 Å². The van der Waals surface area contributed by atoms with E-state index in [1.807, 2.05) is 0 Å². The molecule has 0 aromatic carbocycles. The van der Waals surface area contributed by atoms with Crippen LogP contribution in [0.2, 0.25) is 0 Å². The van der Waals surface area contributed by atoms with Gasteiger partial charge >= 0.3 is 11.9 Å². The van der Waals surface area contributed by atoms with E-state index in [4.69, 9.17) is 0 Å². The molecular formula is C18H12Br2N2O6S2. The molecule has 0 spiro atoms. The highest BCUT2D eigenvalue weighted by atomic mass is 79.9. The number of fused-ring (bicyclic) bond motifs is 2. The number of methoxy groups -OCH3 is 2. The highest BCUT2D eigenvalue weighted by molar-refractivity contribution is 9.11. The third kappa shape index (κ3) is 4.56. The van der Waals surface area contributed by atoms with E-state index in [2.05, 4.69) is 46.3 Å². The van der Waals surface area contributed by atoms with Crippen LogP contribution in [0.25, 0.3) is 20.2 Å². The minimum Gasteiger partial charge on any atom is -0.619 e. The first kappa shape index (κ1) is 22.4. The Labute approximate surface area is 193 Å². The van der Waals surface area contributed by atoms with Crippen LogP contribution in [0.4, 0.5) is 0 Å². The molecule has 0 aliphatic heterocycles. The van der Waals surface area contributed by atoms with E-state index < -0.39 is 5.97 Å². The van der Waals surface area contributed by atoms with Gasteiger partial charge in [-0.3, -0.25) is 4.79 Å². The first-order valence-electron chi connectivity index (χ1n) is 8.04. The first-order valence-corrected chi connectivity index (χ1v) is 11.3. The number of nitrogens with one attached hydrogen (secondary N) is 1. The van der Waals surface area contributed by atoms with E-state index >= 15 is 0 Å². The summed E-state index contributed by atoms with van der Waals surface area (Å²) in [7, 11) is 2.64. The predicted octanol–water partition coefficient (Wildman–Crippen LogP) is 4.22. The maximum atomic E-state index is 11.4. The Morgan fingerprint density at radius 1 is 1.00 bits per heavy atom. The van der Waals surface area contributed by atoms with Gasteiger partial charge in [-0.05, 0) is 44.0 Å². The minimum absolute atomic E-state index is 0.201. The number of aromatic amines is 1. The van der Waals surface area contributed by atoms with Crippen molar-refractivity contribution >= 4 is 86.6 Å². The van der Waals surface area contributed by atoms with Crippen molar-refractivity contribution in [3.05, 3.63) is 65.0 Å². The van der Waals surface area contributed by atoms with Crippen molar-refractivity contribution in [2.45, 2.75) is 0 Å². The van der Waals surface area contributed by atoms with Crippen LogP contribution < -0.4 is 10.3 Å². The number of pyridine rings is 2. The number of aromatic nitrogens is 2. The molecule has 0 saturated carbocycles. The van der Waals surface area contributed by atoms with Crippen molar-refractivity contribution in [2.24, 2.45) is 0 Å². The molecule has 12 heteroatoms. The fourth-order valence-electron chi connectivity index (χ4n) is 2.43. The van der Waals surface area contributed by atoms with E-state index in [0.717, 1.165) is 31.3 Å². The molecule has 0 bridgehead atoms. The zero-order valence-electron chi connectivity index (χ0n) is 15.4. The van der Waals surface area contributed by atoms with Gasteiger partial charge in [-0.1, -0.05) is 0 Å². The highest BCUT2D eigenvalue weighted by Crippen LogP contribution is 2.30. The average Bonchev–Trinajstić information content (AvgIpc) is 3.36. The topological polar surface area (TPSA) is 112 Å². The zero-order chi connectivity index (χ0) is 22.0. The Balaban J connectivity index is 0.000000171. The molecule has 0 atom stereocenters. The van der Waals surface area contributed by atoms with Gasteiger partial charge in [-0.2, -0.15) is 4.73 Å². The van der Waals surface area contributed by atoms with Gasteiger partial charge in [-0.15, -0.1) is 22.7 Å². The van der Waals surface area contributed by atoms with Gasteiger partial charge in [0.15, 0.2) is 12.4 Å². The minimum atomic E-state index is -0.428. The largest absolute Gasteiger partial charge is 0.619 e. The predicted molar refractivity (Wildman–Crippen MR) is 121 cm³/mol. The SMILES string of the molecule is COC(=O)c1cc2c(Br)c[n+]([O-])cc2s1.COC(=O)c1cc2c(Br)c[nH]c(=O)c2s1. The van der Waals surface area contributed by atoms with E-state index in [-0.39, 0.29) is 11.5 Å². The number of carbonyl (C=O) groups is 2. The van der Waals surface area contributed by atoms with Crippen LogP contribution in [0.15, 0.2) is 44.5 Å². The average molecular weight is 576 g/mol. The molecule has 0 aliphatic carbocycles. The molecule has 1 N–H and O–H groups in total. The Morgan fingerprint density at radius 3 is 2.20 bits per heavy atom. The summed E-state index contributed by atoms with van der Waals surface area (Å²) in [6.07, 6.45) is 4.38. The van der Waals surface area contributed by atoms with Gasteiger partial charge in [0.2, 0.25) is 0 Å². The van der Waals surface area contributed by atoms with Crippen LogP contribution in [0.3, 0.4) is 0 Å². The lowest BCUT2D eigenvalue weighted by Crippen LogP contribution is -2.23. The number of hydrogen-bond donors (Lipinski definition) is 1. The fraction of sp³-hybridized carbons (Fsp3) is 0.111. The van der Waals surface area contributed by atoms with Crippen LogP contribution >= 0.6 is 54.5 Å². The lowest BCUT2D eigenvalue weighted by molar-refractivity contribution is -0.604. The molecule has 0 radical (unpaired) electrons. The quantitative estimate of drug-likeness (QED) is 0.217. The standard InChI is InChI=1S/2C9H6BrNO3S/c1-14-9(12)7-2-5-6(10)3-11(13)4-8(5)15-7;1-14-9(13)6-2-4-5(10)3-11-8(12)7(4)15-6/h2-4H,1H3;2-3H,1H3,(H,11,12). The number of thiophene rings is 2. The molecule has 4 heterocycles. The molecule has 0 fully saturated rings. The lowest BCUT2D eigenvalue weighted by Gasteiger charge is -1.95. The molecule has 4 aromatic heterocycles. The van der Waals surface area contributed by atoms with Crippen LogP contribution in [-0.2, 0) is 9.47 Å². The third-order valence-electron chi connectivity index (χ3n) is 3.80. The lowest BCUT2D eigenvalue weighted by atomic mass is 10.3. The van der Waals surface area contributed by atoms with Crippen molar-refractivity contribution in [1.82, 2.24) is 4.98 Å². The number of esters is 2. The molecule has 30 heavy (non-hydrogen) atoms. The Hall–Kier alpha value is -2.28. The molecule has 0 saturated heterocycles. The third-order valence-corrected chi connectivity index (χ3v) is 7.25. The molecule has 156 valence electrons. The number of nitrogens with zero attached hydrogens (tertiary/aromatic N) is 1. The first-order chi connectivity index (χ1) is 14.2. The monoisotopic (exact) mass is 574 g/mol. The number of halogens is 2. The van der Waals surface area contributed by atoms with Gasteiger partial charge in [-0.25, -0.2) is 9.59 Å². The van der Waals surface area contributed by atoms with Crippen LogP contribution in [0, 0.1) is 5.21 Å². The summed E-state index contributed by atoms with van der Waals surface area (Å²) in [6.45, 7) is 0. The highest BCUT2D eigenvalue weighted by Gasteiger charge is 2.15. The second-order valence-electron chi connectivity index (χ2n) is 5.66. The van der Waals surface area contributed by atoms with E-state index in [9.17, 15) is 19.6 Å². The Kier molecular flexibility index (Phi) is 6.91. The fourth-order valence-corrected chi connectivity index (χ4v) is 5.66. The Bertz CT molecular complexity index is 1330. The summed E-state index contributed by atoms with van der Waals surface area (Å²) < 4.78 is 12.6. The maximum Gasteiger partial charge on any atom is 0.348 e. The van der Waals surface area contributed by atoms with Gasteiger partial charge < -0.3 is 19.7 Å². The Morgan fingerprint density at radius 2 is 1.60 bits per heavy atom. The van der Waals surface area contributed by atoms with Crippen molar-refractivity contribution in [2.75, 3.05) is 14.2 Å². The number of hydrogen-bond acceptors (Lipinski definition) is 8.